The molecule has 0 aromatic heterocycles. The van der Waals surface area contributed by atoms with Crippen molar-refractivity contribution in [2.45, 2.75) is 19.3 Å². The van der Waals surface area contributed by atoms with Crippen molar-refractivity contribution in [2.24, 2.45) is 0 Å². The minimum atomic E-state index is -0.979. The van der Waals surface area contributed by atoms with Gasteiger partial charge < -0.3 is 19.5 Å². The Morgan fingerprint density at radius 2 is 1.43 bits per heavy atom. The van der Waals surface area contributed by atoms with Crippen LogP contribution < -0.4 is 5.32 Å². The van der Waals surface area contributed by atoms with Gasteiger partial charge in [0.1, 0.15) is 19.3 Å². The van der Waals surface area contributed by atoms with Crippen molar-refractivity contribution >= 4 is 24.1 Å². The van der Waals surface area contributed by atoms with Crippen LogP contribution in [-0.2, 0) is 37.0 Å². The van der Waals surface area contributed by atoms with Gasteiger partial charge in [0, 0.05) is 0 Å². The summed E-state index contributed by atoms with van der Waals surface area (Å²) in [7, 11) is 0. The van der Waals surface area contributed by atoms with Crippen molar-refractivity contribution in [3.8, 4) is 0 Å². The lowest BCUT2D eigenvalue weighted by Gasteiger charge is -2.35. The van der Waals surface area contributed by atoms with E-state index in [1.165, 1.54) is 0 Å². The summed E-state index contributed by atoms with van der Waals surface area (Å²) in [6.07, 6.45) is -1.75. The summed E-state index contributed by atoms with van der Waals surface area (Å²) in [6, 6.07) is 17.2. The average Bonchev–Trinajstić information content (AvgIpc) is 2.78. The summed E-state index contributed by atoms with van der Waals surface area (Å²) >= 11 is 0. The fraction of sp³-hybridized carbons (Fsp3) is 0.238. The third-order valence-corrected chi connectivity index (χ3v) is 4.21. The molecular formula is C21H20N2O7. The Labute approximate surface area is 172 Å². The number of benzene rings is 2. The SMILES string of the molecule is O=C(COC(=O)N1CC(NC(=O)OCc2ccccc2)C1=O)OCc1ccccc1. The standard InChI is InChI=1S/C21H20N2O7/c24-18(28-12-15-7-3-1-4-8-15)14-30-21(27)23-11-17(19(23)25)22-20(26)29-13-16-9-5-2-6-10-16/h1-10,17H,11-14H2,(H,22,26). The van der Waals surface area contributed by atoms with Crippen molar-refractivity contribution in [1.82, 2.24) is 10.2 Å². The number of imide groups is 1. The molecular weight excluding hydrogens is 392 g/mol. The lowest BCUT2D eigenvalue weighted by Crippen LogP contribution is -2.65. The molecule has 1 saturated heterocycles. The summed E-state index contributed by atoms with van der Waals surface area (Å²) in [4.78, 5) is 48.1. The molecule has 1 unspecified atom stereocenters. The number of alkyl carbamates (subject to hydrolysis) is 1. The third-order valence-electron chi connectivity index (χ3n) is 4.21. The normalized spacial score (nSPS) is 15.0. The first-order chi connectivity index (χ1) is 14.5. The maximum Gasteiger partial charge on any atom is 0.417 e. The topological polar surface area (TPSA) is 111 Å². The van der Waals surface area contributed by atoms with Gasteiger partial charge in [0.15, 0.2) is 6.61 Å². The summed E-state index contributed by atoms with van der Waals surface area (Å²) in [5.74, 6) is -1.38. The minimum absolute atomic E-state index is 0.0525. The van der Waals surface area contributed by atoms with Crippen LogP contribution in [0, 0.1) is 0 Å². The lowest BCUT2D eigenvalue weighted by atomic mass is 10.1. The number of carbonyl (C=O) groups is 4. The molecule has 0 bridgehead atoms. The fourth-order valence-electron chi connectivity index (χ4n) is 2.58. The second-order valence-electron chi connectivity index (χ2n) is 6.41. The highest BCUT2D eigenvalue weighted by Gasteiger charge is 2.43. The van der Waals surface area contributed by atoms with Gasteiger partial charge in [0.25, 0.3) is 5.91 Å². The zero-order valence-electron chi connectivity index (χ0n) is 16.0. The Kier molecular flexibility index (Phi) is 6.99. The van der Waals surface area contributed by atoms with Crippen molar-refractivity contribution < 1.29 is 33.4 Å². The zero-order valence-corrected chi connectivity index (χ0v) is 16.0. The first kappa shape index (κ1) is 20.8. The molecule has 2 aromatic carbocycles. The number of likely N-dealkylation sites (tertiary alicyclic amines) is 1. The van der Waals surface area contributed by atoms with Crippen LogP contribution in [-0.4, -0.2) is 48.2 Å². The van der Waals surface area contributed by atoms with E-state index in [-0.39, 0.29) is 19.8 Å². The van der Waals surface area contributed by atoms with Gasteiger partial charge in [-0.3, -0.25) is 4.79 Å². The molecule has 156 valence electrons. The Morgan fingerprint density at radius 3 is 2.00 bits per heavy atom. The summed E-state index contributed by atoms with van der Waals surface area (Å²) in [5, 5.41) is 2.37. The van der Waals surface area contributed by atoms with Crippen molar-refractivity contribution in [2.75, 3.05) is 13.2 Å². The Hall–Kier alpha value is -3.88. The molecule has 30 heavy (non-hydrogen) atoms. The molecule has 1 heterocycles. The molecule has 3 rings (SSSR count). The van der Waals surface area contributed by atoms with E-state index in [4.69, 9.17) is 14.2 Å². The molecule has 0 saturated carbocycles. The number of rotatable bonds is 7. The fourth-order valence-corrected chi connectivity index (χ4v) is 2.58. The van der Waals surface area contributed by atoms with Crippen LogP contribution in [0.4, 0.5) is 9.59 Å². The highest BCUT2D eigenvalue weighted by molar-refractivity contribution is 6.02. The number of carbonyl (C=O) groups excluding carboxylic acids is 4. The van der Waals surface area contributed by atoms with Crippen LogP contribution in [0.25, 0.3) is 0 Å². The highest BCUT2D eigenvalue weighted by Crippen LogP contribution is 2.12. The van der Waals surface area contributed by atoms with Gasteiger partial charge in [-0.1, -0.05) is 60.7 Å². The summed E-state index contributed by atoms with van der Waals surface area (Å²) in [6.45, 7) is -0.578. The number of nitrogens with one attached hydrogen (secondary N) is 1. The van der Waals surface area contributed by atoms with Gasteiger partial charge in [0.2, 0.25) is 0 Å². The minimum Gasteiger partial charge on any atom is -0.458 e. The molecule has 9 heteroatoms. The second kappa shape index (κ2) is 10.1. The van der Waals surface area contributed by atoms with E-state index in [1.54, 1.807) is 36.4 Å². The van der Waals surface area contributed by atoms with E-state index in [2.05, 4.69) is 5.32 Å². The molecule has 1 fully saturated rings. The molecule has 2 aromatic rings. The predicted molar refractivity (Wildman–Crippen MR) is 103 cm³/mol. The van der Waals surface area contributed by atoms with Crippen LogP contribution in [0.1, 0.15) is 11.1 Å². The number of ether oxygens (including phenoxy) is 3. The van der Waals surface area contributed by atoms with Gasteiger partial charge in [-0.05, 0) is 11.1 Å². The smallest absolute Gasteiger partial charge is 0.417 e. The summed E-state index contributed by atoms with van der Waals surface area (Å²) < 4.78 is 14.8. The number of β-lactam (4-membered cyclic amide) rings is 1. The van der Waals surface area contributed by atoms with Crippen LogP contribution in [0.3, 0.4) is 0 Å². The van der Waals surface area contributed by atoms with E-state index in [0.29, 0.717) is 0 Å². The van der Waals surface area contributed by atoms with E-state index >= 15 is 0 Å². The Bertz CT molecular complexity index is 894. The molecule has 0 spiro atoms. The molecule has 0 radical (unpaired) electrons. The van der Waals surface area contributed by atoms with Gasteiger partial charge in [-0.15, -0.1) is 0 Å². The van der Waals surface area contributed by atoms with Crippen LogP contribution in [0.2, 0.25) is 0 Å². The zero-order chi connectivity index (χ0) is 21.3. The van der Waals surface area contributed by atoms with Crippen LogP contribution >= 0.6 is 0 Å². The third kappa shape index (κ3) is 5.81. The van der Waals surface area contributed by atoms with E-state index in [1.807, 2.05) is 24.3 Å². The molecule has 1 aliphatic rings. The van der Waals surface area contributed by atoms with Crippen LogP contribution in [0.5, 0.6) is 0 Å². The summed E-state index contributed by atoms with van der Waals surface area (Å²) in [5.41, 5.74) is 1.60. The first-order valence-electron chi connectivity index (χ1n) is 9.18. The molecule has 0 aliphatic carbocycles. The monoisotopic (exact) mass is 412 g/mol. The highest BCUT2D eigenvalue weighted by atomic mass is 16.6. The van der Waals surface area contributed by atoms with Crippen molar-refractivity contribution in [3.63, 3.8) is 0 Å². The van der Waals surface area contributed by atoms with Crippen molar-refractivity contribution in [1.29, 1.82) is 0 Å². The Morgan fingerprint density at radius 1 is 0.867 bits per heavy atom. The van der Waals surface area contributed by atoms with Crippen LogP contribution in [0.15, 0.2) is 60.7 Å². The van der Waals surface area contributed by atoms with E-state index in [9.17, 15) is 19.2 Å². The first-order valence-corrected chi connectivity index (χ1v) is 9.18. The lowest BCUT2D eigenvalue weighted by molar-refractivity contribution is -0.150. The Balaban J connectivity index is 1.32. The molecule has 1 aliphatic heterocycles. The number of nitrogens with zero attached hydrogens (tertiary/aromatic N) is 1. The maximum absolute atomic E-state index is 12.0. The molecule has 1 N–H and O–H groups in total. The number of amides is 3. The quantitative estimate of drug-likeness (QED) is 0.421. The van der Waals surface area contributed by atoms with E-state index < -0.39 is 36.7 Å². The van der Waals surface area contributed by atoms with Crippen molar-refractivity contribution in [3.05, 3.63) is 71.8 Å². The van der Waals surface area contributed by atoms with Gasteiger partial charge in [-0.2, -0.15) is 0 Å². The second-order valence-corrected chi connectivity index (χ2v) is 6.41. The van der Waals surface area contributed by atoms with E-state index in [0.717, 1.165) is 16.0 Å². The van der Waals surface area contributed by atoms with Gasteiger partial charge >= 0.3 is 18.2 Å². The number of esters is 1. The number of hydrogen-bond donors (Lipinski definition) is 1. The molecule has 1 atom stereocenters. The van der Waals surface area contributed by atoms with Gasteiger partial charge in [-0.25, -0.2) is 19.3 Å². The predicted octanol–water partition coefficient (Wildman–Crippen LogP) is 2.00. The number of hydrogen-bond acceptors (Lipinski definition) is 7. The average molecular weight is 412 g/mol. The molecule has 3 amide bonds. The largest absolute Gasteiger partial charge is 0.458 e. The molecule has 9 nitrogen and oxygen atoms in total. The maximum atomic E-state index is 12.0. The van der Waals surface area contributed by atoms with Gasteiger partial charge in [0.05, 0.1) is 6.54 Å².